The van der Waals surface area contributed by atoms with Gasteiger partial charge in [0, 0.05) is 33.9 Å². The van der Waals surface area contributed by atoms with Gasteiger partial charge in [0.25, 0.3) is 10.0 Å². The number of likely N-dealkylation sites (N-methyl/N-ethyl adjacent to an activating group) is 1. The summed E-state index contributed by atoms with van der Waals surface area (Å²) in [5.41, 5.74) is 1.63. The molecule has 1 heterocycles. The average Bonchev–Trinajstić information content (AvgIpc) is 2.83. The second-order valence-corrected chi connectivity index (χ2v) is 9.17. The van der Waals surface area contributed by atoms with Gasteiger partial charge in [-0.05, 0) is 55.0 Å². The van der Waals surface area contributed by atoms with Gasteiger partial charge in [-0.2, -0.15) is 0 Å². The second-order valence-electron chi connectivity index (χ2n) is 7.52. The molecule has 3 rings (SSSR count). The number of methoxy groups -OCH3 is 1. The number of rotatable bonds is 8. The molecule has 0 bridgehead atoms. The SMILES string of the molecule is COc1ccc(N(C)C(=O)[C@H](Cc2ccccn2)NC(=O)NS(=O)(=O)c2ccccc2C)cc1.[HH].[HH]. The number of nitrogens with zero attached hydrogens (tertiary/aromatic N) is 2. The molecule has 2 aromatic carbocycles. The molecule has 0 radical (unpaired) electrons. The third-order valence-corrected chi connectivity index (χ3v) is 6.63. The minimum Gasteiger partial charge on any atom is -0.497 e. The zero-order valence-corrected chi connectivity index (χ0v) is 19.9. The van der Waals surface area contributed by atoms with Crippen LogP contribution >= 0.6 is 0 Å². The minimum absolute atomic E-state index is 0. The third-order valence-electron chi connectivity index (χ3n) is 5.14. The largest absolute Gasteiger partial charge is 0.497 e. The Morgan fingerprint density at radius 2 is 1.74 bits per heavy atom. The van der Waals surface area contributed by atoms with Gasteiger partial charge in [0.05, 0.1) is 12.0 Å². The van der Waals surface area contributed by atoms with E-state index in [4.69, 9.17) is 4.74 Å². The van der Waals surface area contributed by atoms with Gasteiger partial charge in [0.1, 0.15) is 11.8 Å². The molecule has 9 nitrogen and oxygen atoms in total. The predicted octanol–water partition coefficient (Wildman–Crippen LogP) is 3.15. The Labute approximate surface area is 201 Å². The highest BCUT2D eigenvalue weighted by atomic mass is 32.2. The molecule has 3 aromatic rings. The molecule has 1 atom stereocenters. The van der Waals surface area contributed by atoms with Crippen LogP contribution < -0.4 is 19.7 Å². The summed E-state index contributed by atoms with van der Waals surface area (Å²) in [5.74, 6) is 0.188. The molecular weight excluding hydrogens is 456 g/mol. The molecule has 0 aliphatic heterocycles. The smallest absolute Gasteiger partial charge is 0.329 e. The maximum absolute atomic E-state index is 13.3. The van der Waals surface area contributed by atoms with E-state index in [0.717, 1.165) is 0 Å². The van der Waals surface area contributed by atoms with E-state index < -0.39 is 28.0 Å². The van der Waals surface area contributed by atoms with E-state index in [1.165, 1.54) is 11.0 Å². The van der Waals surface area contributed by atoms with Crippen molar-refractivity contribution < 1.29 is 25.6 Å². The monoisotopic (exact) mass is 486 g/mol. The van der Waals surface area contributed by atoms with Gasteiger partial charge in [-0.25, -0.2) is 17.9 Å². The van der Waals surface area contributed by atoms with Gasteiger partial charge in [-0.15, -0.1) is 0 Å². The molecule has 0 aliphatic rings. The third kappa shape index (κ3) is 6.10. The lowest BCUT2D eigenvalue weighted by atomic mass is 10.1. The molecular formula is C24H30N4O5S. The van der Waals surface area contributed by atoms with E-state index in [-0.39, 0.29) is 14.2 Å². The lowest BCUT2D eigenvalue weighted by Gasteiger charge is -2.25. The van der Waals surface area contributed by atoms with Crippen LogP contribution in [0, 0.1) is 6.92 Å². The van der Waals surface area contributed by atoms with Crippen molar-refractivity contribution in [1.82, 2.24) is 15.0 Å². The fourth-order valence-corrected chi connectivity index (χ4v) is 4.48. The number of urea groups is 1. The molecule has 0 unspecified atom stereocenters. The first-order chi connectivity index (χ1) is 16.2. The highest BCUT2D eigenvalue weighted by molar-refractivity contribution is 7.90. The van der Waals surface area contributed by atoms with E-state index in [9.17, 15) is 18.0 Å². The number of ether oxygens (including phenoxy) is 1. The lowest BCUT2D eigenvalue weighted by molar-refractivity contribution is -0.120. The molecule has 0 fully saturated rings. The van der Waals surface area contributed by atoms with Gasteiger partial charge in [-0.3, -0.25) is 9.78 Å². The molecule has 182 valence electrons. The molecule has 0 saturated heterocycles. The van der Waals surface area contributed by atoms with Crippen molar-refractivity contribution in [1.29, 1.82) is 0 Å². The van der Waals surface area contributed by atoms with Crippen LogP contribution in [0.1, 0.15) is 14.1 Å². The number of hydrogen-bond donors (Lipinski definition) is 2. The Morgan fingerprint density at radius 3 is 2.35 bits per heavy atom. The van der Waals surface area contributed by atoms with Crippen molar-refractivity contribution in [2.24, 2.45) is 0 Å². The number of aryl methyl sites for hydroxylation is 1. The number of sulfonamides is 1. The fraction of sp³-hybridized carbons (Fsp3) is 0.208. The molecule has 3 amide bonds. The number of pyridine rings is 1. The van der Waals surface area contributed by atoms with Crippen molar-refractivity contribution in [2.45, 2.75) is 24.3 Å². The van der Waals surface area contributed by atoms with Crippen molar-refractivity contribution in [3.05, 3.63) is 84.2 Å². The highest BCUT2D eigenvalue weighted by Gasteiger charge is 2.28. The van der Waals surface area contributed by atoms with Gasteiger partial charge in [-0.1, -0.05) is 24.3 Å². The summed E-state index contributed by atoms with van der Waals surface area (Å²) < 4.78 is 32.5. The summed E-state index contributed by atoms with van der Waals surface area (Å²) in [6, 6.07) is 16.3. The van der Waals surface area contributed by atoms with Crippen LogP contribution in [0.25, 0.3) is 0 Å². The highest BCUT2D eigenvalue weighted by Crippen LogP contribution is 2.19. The average molecular weight is 487 g/mol. The van der Waals surface area contributed by atoms with Crippen LogP contribution in [0.5, 0.6) is 5.75 Å². The van der Waals surface area contributed by atoms with Gasteiger partial charge in [0.15, 0.2) is 0 Å². The number of amides is 3. The summed E-state index contributed by atoms with van der Waals surface area (Å²) in [6.45, 7) is 1.63. The normalized spacial score (nSPS) is 11.9. The number of nitrogens with one attached hydrogen (secondary N) is 2. The van der Waals surface area contributed by atoms with Gasteiger partial charge >= 0.3 is 6.03 Å². The van der Waals surface area contributed by atoms with E-state index in [0.29, 0.717) is 22.7 Å². The summed E-state index contributed by atoms with van der Waals surface area (Å²) in [5, 5.41) is 2.50. The van der Waals surface area contributed by atoms with Crippen LogP contribution in [0.4, 0.5) is 10.5 Å². The Morgan fingerprint density at radius 1 is 1.06 bits per heavy atom. The molecule has 34 heavy (non-hydrogen) atoms. The fourth-order valence-electron chi connectivity index (χ4n) is 3.32. The second kappa shape index (κ2) is 10.8. The first-order valence-corrected chi connectivity index (χ1v) is 11.9. The van der Waals surface area contributed by atoms with E-state index in [1.807, 2.05) is 4.72 Å². The summed E-state index contributed by atoms with van der Waals surface area (Å²) in [4.78, 5) is 31.6. The molecule has 10 heteroatoms. The van der Waals surface area contributed by atoms with Crippen molar-refractivity contribution in [3.63, 3.8) is 0 Å². The summed E-state index contributed by atoms with van der Waals surface area (Å²) >= 11 is 0. The van der Waals surface area contributed by atoms with Crippen LogP contribution in [0.15, 0.2) is 77.8 Å². The Hall–Kier alpha value is -3.92. The maximum Gasteiger partial charge on any atom is 0.329 e. The zero-order valence-electron chi connectivity index (χ0n) is 19.1. The first-order valence-electron chi connectivity index (χ1n) is 10.4. The van der Waals surface area contributed by atoms with Gasteiger partial charge < -0.3 is 15.0 Å². The molecule has 2 N–H and O–H groups in total. The molecule has 1 aromatic heterocycles. The molecule has 0 saturated carbocycles. The molecule has 0 spiro atoms. The van der Waals surface area contributed by atoms with Crippen molar-refractivity contribution in [3.8, 4) is 5.75 Å². The summed E-state index contributed by atoms with van der Waals surface area (Å²) in [6.07, 6.45) is 1.64. The topological polar surface area (TPSA) is 118 Å². The van der Waals surface area contributed by atoms with Crippen LogP contribution in [-0.2, 0) is 21.2 Å². The van der Waals surface area contributed by atoms with E-state index >= 15 is 0 Å². The number of hydrogen-bond acceptors (Lipinski definition) is 6. The van der Waals surface area contributed by atoms with Crippen LogP contribution in [0.2, 0.25) is 0 Å². The Balaban J connectivity index is 0.00000324. The van der Waals surface area contributed by atoms with Crippen LogP contribution in [0.3, 0.4) is 0 Å². The van der Waals surface area contributed by atoms with Crippen molar-refractivity contribution in [2.75, 3.05) is 19.1 Å². The standard InChI is InChI=1S/C24H26N4O5S.2H2/c1-17-8-4-5-10-22(17)34(31,32)27-24(30)26-21(16-18-9-6-7-15-25-18)23(29)28(2)19-11-13-20(33-3)14-12-19;;/h4-15,21H,16H2,1-3H3,(H2,26,27,30);2*1H/t21-;;/m0../s1. The predicted molar refractivity (Wildman–Crippen MR) is 132 cm³/mol. The number of benzene rings is 2. The number of anilines is 1. The van der Waals surface area contributed by atoms with Gasteiger partial charge in [0.2, 0.25) is 5.91 Å². The Bertz CT molecular complexity index is 1260. The van der Waals surface area contributed by atoms with Crippen molar-refractivity contribution >= 4 is 27.6 Å². The number of carbonyl (C=O) groups is 2. The van der Waals surface area contributed by atoms with E-state index in [2.05, 4.69) is 10.3 Å². The lowest BCUT2D eigenvalue weighted by Crippen LogP contribution is -2.52. The van der Waals surface area contributed by atoms with Crippen LogP contribution in [-0.4, -0.2) is 45.5 Å². The summed E-state index contributed by atoms with van der Waals surface area (Å²) in [7, 11) is -1.02. The zero-order chi connectivity index (χ0) is 24.7. The maximum atomic E-state index is 13.3. The number of aromatic nitrogens is 1. The van der Waals surface area contributed by atoms with E-state index in [1.54, 1.807) is 87.9 Å². The quantitative estimate of drug-likeness (QED) is 0.505. The Kier molecular flexibility index (Phi) is 7.85. The molecule has 0 aliphatic carbocycles. The minimum atomic E-state index is -4.13. The first kappa shape index (κ1) is 24.7. The number of carbonyl (C=O) groups excluding carboxylic acids is 2.